The standard InChI is InChI=1S/C8H18O4S2/c1-2-3-5-8(14(11)12)6-4-7-13(9)10/h8H,2-7H2,1H3,(H,9,10)(H,11,12). The Bertz CT molecular complexity index is 196. The monoisotopic (exact) mass is 242 g/mol. The molecule has 86 valence electrons. The number of rotatable bonds is 8. The molecule has 3 atom stereocenters. The van der Waals surface area contributed by atoms with Gasteiger partial charge in [0.15, 0.2) is 22.2 Å². The van der Waals surface area contributed by atoms with Gasteiger partial charge in [-0.05, 0) is 19.3 Å². The lowest BCUT2D eigenvalue weighted by Gasteiger charge is -2.11. The minimum absolute atomic E-state index is 0.194. The molecule has 0 saturated carbocycles. The van der Waals surface area contributed by atoms with Gasteiger partial charge < -0.3 is 9.11 Å². The lowest BCUT2D eigenvalue weighted by Crippen LogP contribution is -2.15. The summed E-state index contributed by atoms with van der Waals surface area (Å²) in [6.45, 7) is 2.03. The Morgan fingerprint density at radius 3 is 2.14 bits per heavy atom. The van der Waals surface area contributed by atoms with Gasteiger partial charge in [0.25, 0.3) is 0 Å². The third-order valence-electron chi connectivity index (χ3n) is 2.01. The first-order valence-electron chi connectivity index (χ1n) is 4.75. The van der Waals surface area contributed by atoms with Crippen molar-refractivity contribution >= 4 is 22.2 Å². The van der Waals surface area contributed by atoms with Gasteiger partial charge in [-0.15, -0.1) is 0 Å². The van der Waals surface area contributed by atoms with Crippen LogP contribution < -0.4 is 0 Å². The zero-order chi connectivity index (χ0) is 11.0. The smallest absolute Gasteiger partial charge is 0.155 e. The van der Waals surface area contributed by atoms with E-state index in [4.69, 9.17) is 9.11 Å². The first-order chi connectivity index (χ1) is 6.57. The van der Waals surface area contributed by atoms with Crippen molar-refractivity contribution in [2.75, 3.05) is 5.75 Å². The highest BCUT2D eigenvalue weighted by atomic mass is 32.2. The largest absolute Gasteiger partial charge is 0.306 e. The van der Waals surface area contributed by atoms with Crippen molar-refractivity contribution in [2.45, 2.75) is 44.3 Å². The van der Waals surface area contributed by atoms with Gasteiger partial charge in [0, 0.05) is 5.75 Å². The highest BCUT2D eigenvalue weighted by Gasteiger charge is 2.14. The van der Waals surface area contributed by atoms with Gasteiger partial charge in [-0.1, -0.05) is 19.8 Å². The predicted octanol–water partition coefficient (Wildman–Crippen LogP) is 1.77. The normalized spacial score (nSPS) is 17.6. The van der Waals surface area contributed by atoms with Crippen LogP contribution >= 0.6 is 0 Å². The lowest BCUT2D eigenvalue weighted by atomic mass is 10.1. The summed E-state index contributed by atoms with van der Waals surface area (Å²) in [5, 5.41) is -0.238. The molecule has 4 nitrogen and oxygen atoms in total. The molecule has 0 bridgehead atoms. The van der Waals surface area contributed by atoms with Gasteiger partial charge in [-0.25, -0.2) is 8.42 Å². The molecule has 0 aromatic heterocycles. The summed E-state index contributed by atoms with van der Waals surface area (Å²) in [4.78, 5) is 0. The van der Waals surface area contributed by atoms with Gasteiger partial charge in [0.2, 0.25) is 0 Å². The molecule has 0 spiro atoms. The van der Waals surface area contributed by atoms with Crippen molar-refractivity contribution in [3.05, 3.63) is 0 Å². The van der Waals surface area contributed by atoms with E-state index in [1.165, 1.54) is 0 Å². The molecule has 0 aromatic rings. The first kappa shape index (κ1) is 14.2. The van der Waals surface area contributed by atoms with Gasteiger partial charge in [-0.3, -0.25) is 0 Å². The van der Waals surface area contributed by atoms with E-state index in [-0.39, 0.29) is 11.0 Å². The predicted molar refractivity (Wildman–Crippen MR) is 59.0 cm³/mol. The summed E-state index contributed by atoms with van der Waals surface area (Å²) >= 11 is -3.58. The van der Waals surface area contributed by atoms with Crippen LogP contribution in [0.1, 0.15) is 39.0 Å². The van der Waals surface area contributed by atoms with Gasteiger partial charge >= 0.3 is 0 Å². The highest BCUT2D eigenvalue weighted by Crippen LogP contribution is 2.12. The molecule has 0 heterocycles. The molecule has 0 saturated heterocycles. The van der Waals surface area contributed by atoms with Crippen LogP contribution in [-0.4, -0.2) is 28.5 Å². The average Bonchev–Trinajstić information content (AvgIpc) is 2.09. The lowest BCUT2D eigenvalue weighted by molar-refractivity contribution is 0.518. The molecule has 3 unspecified atom stereocenters. The molecule has 0 aliphatic heterocycles. The molecule has 2 N–H and O–H groups in total. The Hall–Kier alpha value is 0.220. The molecule has 0 fully saturated rings. The number of hydrogen-bond acceptors (Lipinski definition) is 2. The van der Waals surface area contributed by atoms with Crippen LogP contribution in [0.25, 0.3) is 0 Å². The van der Waals surface area contributed by atoms with Crippen LogP contribution in [0.4, 0.5) is 0 Å². The molecule has 14 heavy (non-hydrogen) atoms. The zero-order valence-electron chi connectivity index (χ0n) is 8.35. The number of hydrogen-bond donors (Lipinski definition) is 2. The van der Waals surface area contributed by atoms with Gasteiger partial charge in [0.05, 0.1) is 5.25 Å². The van der Waals surface area contributed by atoms with Crippen LogP contribution in [0.3, 0.4) is 0 Å². The van der Waals surface area contributed by atoms with Crippen LogP contribution in [0, 0.1) is 0 Å². The highest BCUT2D eigenvalue weighted by molar-refractivity contribution is 7.80. The van der Waals surface area contributed by atoms with Crippen molar-refractivity contribution in [3.8, 4) is 0 Å². The average molecular weight is 242 g/mol. The van der Waals surface area contributed by atoms with Crippen molar-refractivity contribution < 1.29 is 17.5 Å². The maximum absolute atomic E-state index is 10.9. The summed E-state index contributed by atoms with van der Waals surface area (Å²) in [5.74, 6) is 0.194. The van der Waals surface area contributed by atoms with Crippen LogP contribution in [0.5, 0.6) is 0 Å². The van der Waals surface area contributed by atoms with Gasteiger partial charge in [-0.2, -0.15) is 0 Å². The summed E-state index contributed by atoms with van der Waals surface area (Å²) in [7, 11) is 0. The Balaban J connectivity index is 3.73. The van der Waals surface area contributed by atoms with Gasteiger partial charge in [0.1, 0.15) is 0 Å². The molecular weight excluding hydrogens is 224 g/mol. The topological polar surface area (TPSA) is 74.6 Å². The van der Waals surface area contributed by atoms with E-state index in [1.54, 1.807) is 0 Å². The van der Waals surface area contributed by atoms with E-state index in [0.29, 0.717) is 12.8 Å². The van der Waals surface area contributed by atoms with Crippen LogP contribution in [0.2, 0.25) is 0 Å². The quantitative estimate of drug-likeness (QED) is 0.636. The maximum Gasteiger partial charge on any atom is 0.155 e. The Morgan fingerprint density at radius 1 is 1.14 bits per heavy atom. The van der Waals surface area contributed by atoms with E-state index in [9.17, 15) is 8.42 Å². The van der Waals surface area contributed by atoms with Crippen molar-refractivity contribution in [1.82, 2.24) is 0 Å². The van der Waals surface area contributed by atoms with Crippen molar-refractivity contribution in [2.24, 2.45) is 0 Å². The first-order valence-corrected chi connectivity index (χ1v) is 7.19. The van der Waals surface area contributed by atoms with Crippen molar-refractivity contribution in [3.63, 3.8) is 0 Å². The van der Waals surface area contributed by atoms with E-state index in [1.807, 2.05) is 6.92 Å². The second-order valence-corrected chi connectivity index (χ2v) is 5.48. The second-order valence-electron chi connectivity index (χ2n) is 3.21. The van der Waals surface area contributed by atoms with Crippen LogP contribution in [0.15, 0.2) is 0 Å². The molecular formula is C8H18O4S2. The molecule has 0 rings (SSSR count). The molecule has 0 aromatic carbocycles. The zero-order valence-corrected chi connectivity index (χ0v) is 9.98. The summed E-state index contributed by atoms with van der Waals surface area (Å²) < 4.78 is 38.6. The number of unbranched alkanes of at least 4 members (excludes halogenated alkanes) is 1. The third-order valence-corrected chi connectivity index (χ3v) is 3.69. The SMILES string of the molecule is CCCCC(CCCS(=O)O)S(=O)O. The molecule has 0 aliphatic carbocycles. The summed E-state index contributed by atoms with van der Waals surface area (Å²) in [5.41, 5.74) is 0. The molecule has 0 radical (unpaired) electrons. The fourth-order valence-corrected chi connectivity index (χ4v) is 2.36. The fourth-order valence-electron chi connectivity index (χ4n) is 1.21. The maximum atomic E-state index is 10.9. The Kier molecular flexibility index (Phi) is 8.66. The van der Waals surface area contributed by atoms with Crippen molar-refractivity contribution in [1.29, 1.82) is 0 Å². The minimum Gasteiger partial charge on any atom is -0.306 e. The van der Waals surface area contributed by atoms with E-state index in [0.717, 1.165) is 19.3 Å². The summed E-state index contributed by atoms with van der Waals surface area (Å²) in [6, 6.07) is 0. The minimum atomic E-state index is -1.80. The molecule has 0 amide bonds. The Labute approximate surface area is 90.0 Å². The second kappa shape index (κ2) is 8.52. The van der Waals surface area contributed by atoms with E-state index < -0.39 is 22.2 Å². The fraction of sp³-hybridized carbons (Fsp3) is 1.00. The summed E-state index contributed by atoms with van der Waals surface area (Å²) in [6.07, 6.45) is 3.73. The Morgan fingerprint density at radius 2 is 1.71 bits per heavy atom. The molecule has 6 heteroatoms. The van der Waals surface area contributed by atoms with Crippen LogP contribution in [-0.2, 0) is 22.2 Å². The van der Waals surface area contributed by atoms with E-state index in [2.05, 4.69) is 0 Å². The van der Waals surface area contributed by atoms with E-state index >= 15 is 0 Å². The third kappa shape index (κ3) is 7.61. The molecule has 0 aliphatic rings.